The number of rotatable bonds is 6. The van der Waals surface area contributed by atoms with E-state index in [2.05, 4.69) is 10.3 Å². The molecule has 0 aromatic carbocycles. The first-order valence-electron chi connectivity index (χ1n) is 6.88. The third-order valence-corrected chi connectivity index (χ3v) is 5.27. The molecule has 1 aliphatic heterocycles. The standard InChI is InChI=1S/C12H20N4O4S2/c1-22(18,19)16-4-5-20-10(7-16)6-14-11(17)3-2-9-8-21-12(13)15-9/h8,10H,2-7H2,1H3,(H2,13,15)(H,14,17)/t10-/m1/s1. The zero-order valence-electron chi connectivity index (χ0n) is 12.3. The van der Waals surface area contributed by atoms with Crippen molar-refractivity contribution < 1.29 is 17.9 Å². The Hall–Kier alpha value is -1.23. The zero-order chi connectivity index (χ0) is 16.2. The van der Waals surface area contributed by atoms with Gasteiger partial charge < -0.3 is 15.8 Å². The van der Waals surface area contributed by atoms with E-state index in [4.69, 9.17) is 10.5 Å². The van der Waals surface area contributed by atoms with Crippen molar-refractivity contribution in [3.63, 3.8) is 0 Å². The number of sulfonamides is 1. The van der Waals surface area contributed by atoms with Gasteiger partial charge in [0, 0.05) is 31.4 Å². The maximum Gasteiger partial charge on any atom is 0.220 e. The van der Waals surface area contributed by atoms with Crippen molar-refractivity contribution in [1.29, 1.82) is 0 Å². The molecule has 0 radical (unpaired) electrons. The number of anilines is 1. The van der Waals surface area contributed by atoms with Crippen molar-refractivity contribution in [2.75, 3.05) is 38.2 Å². The second-order valence-corrected chi connectivity index (χ2v) is 7.97. The topological polar surface area (TPSA) is 115 Å². The van der Waals surface area contributed by atoms with Gasteiger partial charge in [-0.1, -0.05) is 0 Å². The van der Waals surface area contributed by atoms with Gasteiger partial charge in [-0.3, -0.25) is 4.79 Å². The number of thiazole rings is 1. The first kappa shape index (κ1) is 17.1. The van der Waals surface area contributed by atoms with E-state index in [1.54, 1.807) is 0 Å². The molecule has 0 bridgehead atoms. The number of amides is 1. The lowest BCUT2D eigenvalue weighted by atomic mass is 10.2. The Kier molecular flexibility index (Phi) is 5.73. The molecule has 1 amide bonds. The number of ether oxygens (including phenoxy) is 1. The van der Waals surface area contributed by atoms with E-state index >= 15 is 0 Å². The molecule has 3 N–H and O–H groups in total. The van der Waals surface area contributed by atoms with E-state index in [1.165, 1.54) is 21.9 Å². The number of nitrogens with one attached hydrogen (secondary N) is 1. The maximum atomic E-state index is 11.8. The van der Waals surface area contributed by atoms with Crippen LogP contribution in [0.5, 0.6) is 0 Å². The van der Waals surface area contributed by atoms with Crippen LogP contribution in [0.25, 0.3) is 0 Å². The fraction of sp³-hybridized carbons (Fsp3) is 0.667. The first-order chi connectivity index (χ1) is 10.3. The largest absolute Gasteiger partial charge is 0.375 e. The van der Waals surface area contributed by atoms with Crippen LogP contribution in [0.4, 0.5) is 5.13 Å². The van der Waals surface area contributed by atoms with Crippen LogP contribution in [-0.2, 0) is 26.0 Å². The van der Waals surface area contributed by atoms with E-state index < -0.39 is 10.0 Å². The fourth-order valence-corrected chi connectivity index (χ4v) is 3.55. The number of morpholine rings is 1. The third kappa shape index (κ3) is 5.20. The number of nitrogen functional groups attached to an aromatic ring is 1. The van der Waals surface area contributed by atoms with Crippen LogP contribution >= 0.6 is 11.3 Å². The summed E-state index contributed by atoms with van der Waals surface area (Å²) in [6.45, 7) is 1.26. The average Bonchev–Trinajstić information content (AvgIpc) is 2.88. The Morgan fingerprint density at radius 1 is 1.64 bits per heavy atom. The van der Waals surface area contributed by atoms with Gasteiger partial charge in [0.25, 0.3) is 0 Å². The molecular formula is C12H20N4O4S2. The molecule has 1 aliphatic rings. The molecule has 124 valence electrons. The number of aryl methyl sites for hydroxylation is 1. The van der Waals surface area contributed by atoms with Gasteiger partial charge in [-0.2, -0.15) is 4.31 Å². The van der Waals surface area contributed by atoms with Crippen molar-refractivity contribution in [3.8, 4) is 0 Å². The summed E-state index contributed by atoms with van der Waals surface area (Å²) >= 11 is 1.35. The van der Waals surface area contributed by atoms with Crippen LogP contribution in [0.1, 0.15) is 12.1 Å². The minimum Gasteiger partial charge on any atom is -0.375 e. The molecule has 10 heteroatoms. The molecule has 1 aromatic heterocycles. The molecule has 1 aromatic rings. The highest BCUT2D eigenvalue weighted by molar-refractivity contribution is 7.88. The van der Waals surface area contributed by atoms with Crippen LogP contribution in [0.2, 0.25) is 0 Å². The van der Waals surface area contributed by atoms with E-state index in [0.29, 0.717) is 37.7 Å². The Bertz CT molecular complexity index is 616. The van der Waals surface area contributed by atoms with Gasteiger partial charge >= 0.3 is 0 Å². The Balaban J connectivity index is 1.71. The molecule has 2 rings (SSSR count). The average molecular weight is 348 g/mol. The van der Waals surface area contributed by atoms with Gasteiger partial charge in [0.15, 0.2) is 5.13 Å². The predicted octanol–water partition coefficient (Wildman–Crippen LogP) is -0.565. The lowest BCUT2D eigenvalue weighted by molar-refractivity contribution is -0.122. The molecule has 0 saturated carbocycles. The quantitative estimate of drug-likeness (QED) is 0.712. The highest BCUT2D eigenvalue weighted by atomic mass is 32.2. The van der Waals surface area contributed by atoms with Gasteiger partial charge in [-0.05, 0) is 6.42 Å². The highest BCUT2D eigenvalue weighted by Crippen LogP contribution is 2.12. The second kappa shape index (κ2) is 7.36. The van der Waals surface area contributed by atoms with Gasteiger partial charge in [0.05, 0.1) is 24.7 Å². The zero-order valence-corrected chi connectivity index (χ0v) is 14.0. The van der Waals surface area contributed by atoms with Crippen LogP contribution in [-0.4, -0.2) is 62.2 Å². The van der Waals surface area contributed by atoms with Crippen molar-refractivity contribution in [2.24, 2.45) is 0 Å². The second-order valence-electron chi connectivity index (χ2n) is 5.09. The molecule has 1 saturated heterocycles. The van der Waals surface area contributed by atoms with Gasteiger partial charge in [0.2, 0.25) is 15.9 Å². The molecule has 0 aliphatic carbocycles. The number of hydrogen-bond donors (Lipinski definition) is 2. The van der Waals surface area contributed by atoms with Crippen LogP contribution in [0.15, 0.2) is 5.38 Å². The summed E-state index contributed by atoms with van der Waals surface area (Å²) in [5.74, 6) is -0.119. The van der Waals surface area contributed by atoms with Gasteiger partial charge in [0.1, 0.15) is 0 Å². The molecule has 22 heavy (non-hydrogen) atoms. The van der Waals surface area contributed by atoms with Crippen molar-refractivity contribution >= 4 is 32.4 Å². The lowest BCUT2D eigenvalue weighted by Crippen LogP contribution is -2.49. The van der Waals surface area contributed by atoms with E-state index in [0.717, 1.165) is 5.69 Å². The minimum atomic E-state index is -3.22. The van der Waals surface area contributed by atoms with Crippen molar-refractivity contribution in [1.82, 2.24) is 14.6 Å². The first-order valence-corrected chi connectivity index (χ1v) is 9.60. The maximum absolute atomic E-state index is 11.8. The van der Waals surface area contributed by atoms with E-state index in [9.17, 15) is 13.2 Å². The van der Waals surface area contributed by atoms with Gasteiger partial charge in [-0.15, -0.1) is 11.3 Å². The summed E-state index contributed by atoms with van der Waals surface area (Å²) in [7, 11) is -3.22. The SMILES string of the molecule is CS(=O)(=O)N1CCO[C@H](CNC(=O)CCc2csc(N)n2)C1. The third-order valence-electron chi connectivity index (χ3n) is 3.28. The number of carbonyl (C=O) groups excluding carboxylic acids is 1. The van der Waals surface area contributed by atoms with Crippen LogP contribution in [0, 0.1) is 0 Å². The molecule has 1 fully saturated rings. The smallest absolute Gasteiger partial charge is 0.220 e. The number of nitrogens with two attached hydrogens (primary N) is 1. The minimum absolute atomic E-state index is 0.119. The molecule has 2 heterocycles. The summed E-state index contributed by atoms with van der Waals surface area (Å²) in [4.78, 5) is 15.9. The molecule has 0 unspecified atom stereocenters. The number of carbonyl (C=O) groups is 1. The number of nitrogens with zero attached hydrogens (tertiary/aromatic N) is 2. The lowest BCUT2D eigenvalue weighted by Gasteiger charge is -2.31. The normalized spacial score (nSPS) is 20.0. The molecule has 8 nitrogen and oxygen atoms in total. The van der Waals surface area contributed by atoms with Crippen molar-refractivity contribution in [3.05, 3.63) is 11.1 Å². The summed E-state index contributed by atoms with van der Waals surface area (Å²) in [6.07, 6.45) is 1.70. The number of aromatic nitrogens is 1. The summed E-state index contributed by atoms with van der Waals surface area (Å²) in [6, 6.07) is 0. The molecule has 0 spiro atoms. The highest BCUT2D eigenvalue weighted by Gasteiger charge is 2.26. The summed E-state index contributed by atoms with van der Waals surface area (Å²) < 4.78 is 29.8. The van der Waals surface area contributed by atoms with Gasteiger partial charge in [-0.25, -0.2) is 13.4 Å². The number of hydrogen-bond acceptors (Lipinski definition) is 7. The molecular weight excluding hydrogens is 328 g/mol. The summed E-state index contributed by atoms with van der Waals surface area (Å²) in [5.41, 5.74) is 6.33. The van der Waals surface area contributed by atoms with Crippen LogP contribution in [0.3, 0.4) is 0 Å². The molecule has 1 atom stereocenters. The predicted molar refractivity (Wildman–Crippen MR) is 84.0 cm³/mol. The Labute approximate surface area is 133 Å². The van der Waals surface area contributed by atoms with E-state index in [-0.39, 0.29) is 18.6 Å². The van der Waals surface area contributed by atoms with Crippen molar-refractivity contribution in [2.45, 2.75) is 18.9 Å². The Morgan fingerprint density at radius 3 is 3.05 bits per heavy atom. The van der Waals surface area contributed by atoms with Crippen LogP contribution < -0.4 is 11.1 Å². The Morgan fingerprint density at radius 2 is 2.41 bits per heavy atom. The monoisotopic (exact) mass is 348 g/mol. The van der Waals surface area contributed by atoms with E-state index in [1.807, 2.05) is 5.38 Å². The summed E-state index contributed by atoms with van der Waals surface area (Å²) in [5, 5.41) is 5.08. The fourth-order valence-electron chi connectivity index (χ4n) is 2.11.